The largest absolute Gasteiger partial charge is 0.314 e. The molecule has 60 valence electrons. The van der Waals surface area contributed by atoms with Crippen LogP contribution in [0.15, 0.2) is 0 Å². The molecule has 1 saturated heterocycles. The summed E-state index contributed by atoms with van der Waals surface area (Å²) in [6.45, 7) is 3.47. The van der Waals surface area contributed by atoms with E-state index < -0.39 is 5.67 Å². The van der Waals surface area contributed by atoms with E-state index in [0.29, 0.717) is 13.0 Å². The van der Waals surface area contributed by atoms with Crippen molar-refractivity contribution in [1.82, 2.24) is 5.32 Å². The Morgan fingerprint density at radius 2 is 2.30 bits per heavy atom. The Morgan fingerprint density at radius 1 is 1.50 bits per heavy atom. The van der Waals surface area contributed by atoms with Gasteiger partial charge in [-0.1, -0.05) is 6.92 Å². The fourth-order valence-electron chi connectivity index (χ4n) is 1.39. The molecule has 2 heteroatoms. The molecule has 1 fully saturated rings. The summed E-state index contributed by atoms with van der Waals surface area (Å²) in [5, 5.41) is 3.11. The first-order chi connectivity index (χ1) is 4.77. The highest BCUT2D eigenvalue weighted by molar-refractivity contribution is 4.82. The number of hydrogen-bond donors (Lipinski definition) is 1. The van der Waals surface area contributed by atoms with Gasteiger partial charge in [0.15, 0.2) is 0 Å². The average Bonchev–Trinajstić information content (AvgIpc) is 2.15. The molecule has 1 atom stereocenters. The lowest BCUT2D eigenvalue weighted by Gasteiger charge is -2.20. The number of rotatable bonds is 1. The Morgan fingerprint density at radius 3 is 3.00 bits per heavy atom. The summed E-state index contributed by atoms with van der Waals surface area (Å²) in [7, 11) is 0. The molecule has 0 aromatic carbocycles. The van der Waals surface area contributed by atoms with E-state index in [1.807, 2.05) is 6.92 Å². The Kier molecular flexibility index (Phi) is 2.66. The standard InChI is InChI=1S/C8H16FN/c1-2-8(9)5-3-4-6-10-7-8/h10H,2-7H2,1H3. The molecule has 10 heavy (non-hydrogen) atoms. The summed E-state index contributed by atoms with van der Waals surface area (Å²) in [4.78, 5) is 0. The van der Waals surface area contributed by atoms with Crippen LogP contribution >= 0.6 is 0 Å². The Labute approximate surface area is 62.0 Å². The summed E-state index contributed by atoms with van der Waals surface area (Å²) in [5.41, 5.74) is -0.906. The van der Waals surface area contributed by atoms with Gasteiger partial charge in [-0.05, 0) is 32.2 Å². The lowest BCUT2D eigenvalue weighted by atomic mass is 9.97. The van der Waals surface area contributed by atoms with E-state index in [2.05, 4.69) is 5.32 Å². The van der Waals surface area contributed by atoms with E-state index in [0.717, 1.165) is 25.8 Å². The number of hydrogen-bond acceptors (Lipinski definition) is 1. The van der Waals surface area contributed by atoms with E-state index in [9.17, 15) is 4.39 Å². The molecule has 1 nitrogen and oxygen atoms in total. The van der Waals surface area contributed by atoms with Gasteiger partial charge in [-0.3, -0.25) is 0 Å². The SMILES string of the molecule is CCC1(F)CCCCNC1. The van der Waals surface area contributed by atoms with Crippen LogP contribution in [0.3, 0.4) is 0 Å². The van der Waals surface area contributed by atoms with E-state index in [4.69, 9.17) is 0 Å². The Balaban J connectivity index is 2.41. The maximum atomic E-state index is 13.5. The van der Waals surface area contributed by atoms with Gasteiger partial charge in [0.25, 0.3) is 0 Å². The molecule has 0 spiro atoms. The second-order valence-electron chi connectivity index (χ2n) is 3.14. The van der Waals surface area contributed by atoms with Crippen LogP contribution < -0.4 is 5.32 Å². The van der Waals surface area contributed by atoms with Crippen molar-refractivity contribution in [2.45, 2.75) is 38.3 Å². The molecule has 1 aliphatic rings. The molecule has 1 rings (SSSR count). The molecule has 0 aromatic heterocycles. The second-order valence-corrected chi connectivity index (χ2v) is 3.14. The molecule has 1 heterocycles. The van der Waals surface area contributed by atoms with Gasteiger partial charge in [-0.2, -0.15) is 0 Å². The molecular weight excluding hydrogens is 129 g/mol. The highest BCUT2D eigenvalue weighted by atomic mass is 19.1. The van der Waals surface area contributed by atoms with E-state index >= 15 is 0 Å². The highest BCUT2D eigenvalue weighted by Crippen LogP contribution is 2.24. The zero-order chi connectivity index (χ0) is 7.45. The number of nitrogens with one attached hydrogen (secondary N) is 1. The molecule has 0 bridgehead atoms. The van der Waals surface area contributed by atoms with E-state index in [1.54, 1.807) is 0 Å². The lowest BCUT2D eigenvalue weighted by Crippen LogP contribution is -2.33. The van der Waals surface area contributed by atoms with Crippen molar-refractivity contribution in [3.8, 4) is 0 Å². The van der Waals surface area contributed by atoms with Crippen LogP contribution in [0.4, 0.5) is 4.39 Å². The van der Waals surface area contributed by atoms with Crippen molar-refractivity contribution < 1.29 is 4.39 Å². The zero-order valence-corrected chi connectivity index (χ0v) is 6.62. The smallest absolute Gasteiger partial charge is 0.123 e. The minimum absolute atomic E-state index is 0.559. The highest BCUT2D eigenvalue weighted by Gasteiger charge is 2.27. The quantitative estimate of drug-likeness (QED) is 0.594. The monoisotopic (exact) mass is 145 g/mol. The van der Waals surface area contributed by atoms with Gasteiger partial charge in [0.2, 0.25) is 0 Å². The predicted octanol–water partition coefficient (Wildman–Crippen LogP) is 1.88. The van der Waals surface area contributed by atoms with Crippen LogP contribution in [-0.4, -0.2) is 18.8 Å². The molecule has 0 saturated carbocycles. The van der Waals surface area contributed by atoms with Gasteiger partial charge < -0.3 is 5.32 Å². The Hall–Kier alpha value is -0.110. The van der Waals surface area contributed by atoms with Gasteiger partial charge in [-0.25, -0.2) is 4.39 Å². The Bertz CT molecular complexity index is 95.4. The third-order valence-corrected chi connectivity index (χ3v) is 2.30. The summed E-state index contributed by atoms with van der Waals surface area (Å²) >= 11 is 0. The van der Waals surface area contributed by atoms with Gasteiger partial charge in [-0.15, -0.1) is 0 Å². The molecule has 0 radical (unpaired) electrons. The van der Waals surface area contributed by atoms with E-state index in [1.165, 1.54) is 0 Å². The maximum absolute atomic E-state index is 13.5. The molecule has 1 aliphatic heterocycles. The number of alkyl halides is 1. The normalized spacial score (nSPS) is 35.4. The lowest BCUT2D eigenvalue weighted by molar-refractivity contribution is 0.148. The van der Waals surface area contributed by atoms with Gasteiger partial charge in [0, 0.05) is 6.54 Å². The van der Waals surface area contributed by atoms with Crippen molar-refractivity contribution >= 4 is 0 Å². The van der Waals surface area contributed by atoms with Gasteiger partial charge >= 0.3 is 0 Å². The van der Waals surface area contributed by atoms with Crippen LogP contribution in [0, 0.1) is 0 Å². The van der Waals surface area contributed by atoms with Crippen LogP contribution in [0.25, 0.3) is 0 Å². The van der Waals surface area contributed by atoms with Crippen molar-refractivity contribution in [3.05, 3.63) is 0 Å². The van der Waals surface area contributed by atoms with Crippen LogP contribution in [0.1, 0.15) is 32.6 Å². The van der Waals surface area contributed by atoms with Crippen LogP contribution in [0.5, 0.6) is 0 Å². The average molecular weight is 145 g/mol. The minimum atomic E-state index is -0.906. The second kappa shape index (κ2) is 3.33. The summed E-state index contributed by atoms with van der Waals surface area (Å²) in [6.07, 6.45) is 3.57. The van der Waals surface area contributed by atoms with Crippen LogP contribution in [-0.2, 0) is 0 Å². The predicted molar refractivity (Wildman–Crippen MR) is 40.9 cm³/mol. The third-order valence-electron chi connectivity index (χ3n) is 2.30. The van der Waals surface area contributed by atoms with E-state index in [-0.39, 0.29) is 0 Å². The number of halogens is 1. The molecule has 0 aromatic rings. The van der Waals surface area contributed by atoms with Gasteiger partial charge in [0.05, 0.1) is 0 Å². The molecule has 0 amide bonds. The first kappa shape index (κ1) is 7.99. The molecule has 1 unspecified atom stereocenters. The summed E-state index contributed by atoms with van der Waals surface area (Å²) in [6, 6.07) is 0. The van der Waals surface area contributed by atoms with Crippen molar-refractivity contribution in [2.75, 3.05) is 13.1 Å². The van der Waals surface area contributed by atoms with Crippen molar-refractivity contribution in [1.29, 1.82) is 0 Å². The van der Waals surface area contributed by atoms with Gasteiger partial charge in [0.1, 0.15) is 5.67 Å². The zero-order valence-electron chi connectivity index (χ0n) is 6.62. The third kappa shape index (κ3) is 1.94. The summed E-state index contributed by atoms with van der Waals surface area (Å²) in [5.74, 6) is 0. The van der Waals surface area contributed by atoms with Crippen LogP contribution in [0.2, 0.25) is 0 Å². The first-order valence-corrected chi connectivity index (χ1v) is 4.16. The van der Waals surface area contributed by atoms with Crippen molar-refractivity contribution in [2.24, 2.45) is 0 Å². The first-order valence-electron chi connectivity index (χ1n) is 4.16. The topological polar surface area (TPSA) is 12.0 Å². The fraction of sp³-hybridized carbons (Fsp3) is 1.00. The minimum Gasteiger partial charge on any atom is -0.314 e. The summed E-state index contributed by atoms with van der Waals surface area (Å²) < 4.78 is 13.5. The van der Waals surface area contributed by atoms with Crippen molar-refractivity contribution in [3.63, 3.8) is 0 Å². The molecular formula is C8H16FN. The fourth-order valence-corrected chi connectivity index (χ4v) is 1.39. The maximum Gasteiger partial charge on any atom is 0.123 e. The molecule has 0 aliphatic carbocycles. The molecule has 1 N–H and O–H groups in total.